The third-order valence-electron chi connectivity index (χ3n) is 1.39. The van der Waals surface area contributed by atoms with E-state index in [1.807, 2.05) is 25.9 Å². The Morgan fingerprint density at radius 3 is 2.22 bits per heavy atom. The van der Waals surface area contributed by atoms with Crippen LogP contribution in [0, 0.1) is 0 Å². The maximum absolute atomic E-state index is 10.8. The Kier molecular flexibility index (Phi) is 3.17. The van der Waals surface area contributed by atoms with E-state index in [1.54, 1.807) is 0 Å². The molecule has 0 heterocycles. The van der Waals surface area contributed by atoms with E-state index in [0.29, 0.717) is 0 Å². The molecule has 0 aromatic rings. The summed E-state index contributed by atoms with van der Waals surface area (Å²) in [6.45, 7) is 5.24. The first-order chi connectivity index (χ1) is 4.09. The fraction of sp³-hybridized carbons (Fsp3) is 0.571. The molecule has 9 heavy (non-hydrogen) atoms. The van der Waals surface area contributed by atoms with E-state index in [-0.39, 0.29) is 11.8 Å². The third-order valence-corrected chi connectivity index (χ3v) is 1.39. The molecule has 0 saturated carbocycles. The van der Waals surface area contributed by atoms with E-state index in [4.69, 9.17) is 0 Å². The second-order valence-electron chi connectivity index (χ2n) is 2.25. The van der Waals surface area contributed by atoms with Crippen molar-refractivity contribution in [2.75, 3.05) is 14.1 Å². The maximum Gasteiger partial charge on any atom is 0.171 e. The topological polar surface area (TPSA) is 20.3 Å². The molecule has 0 spiro atoms. The van der Waals surface area contributed by atoms with Crippen LogP contribution >= 0.6 is 0 Å². The largest absolute Gasteiger partial charge is 0.300 e. The molecule has 2 heteroatoms. The minimum atomic E-state index is -0.0394. The number of carbonyl (C=O) groups excluding carboxylic acids is 1. The van der Waals surface area contributed by atoms with Crippen LogP contribution in [-0.4, -0.2) is 30.8 Å². The van der Waals surface area contributed by atoms with E-state index in [1.165, 1.54) is 6.08 Å². The Bertz CT molecular complexity index is 118. The van der Waals surface area contributed by atoms with Gasteiger partial charge in [0.25, 0.3) is 0 Å². The van der Waals surface area contributed by atoms with Crippen molar-refractivity contribution in [3.05, 3.63) is 12.7 Å². The van der Waals surface area contributed by atoms with Gasteiger partial charge in [0.15, 0.2) is 5.78 Å². The molecule has 0 saturated heterocycles. The van der Waals surface area contributed by atoms with Gasteiger partial charge in [-0.05, 0) is 27.1 Å². The molecule has 1 atom stereocenters. The molecule has 0 aliphatic heterocycles. The molecule has 0 aliphatic carbocycles. The number of hydrogen-bond donors (Lipinski definition) is 0. The summed E-state index contributed by atoms with van der Waals surface area (Å²) in [5.74, 6) is 0.0694. The first-order valence-corrected chi connectivity index (χ1v) is 2.92. The van der Waals surface area contributed by atoms with Crippen molar-refractivity contribution in [3.8, 4) is 0 Å². The average Bonchev–Trinajstić information content (AvgIpc) is 1.84. The van der Waals surface area contributed by atoms with Crippen LogP contribution in [0.15, 0.2) is 12.7 Å². The summed E-state index contributed by atoms with van der Waals surface area (Å²) in [6.07, 6.45) is 1.35. The molecule has 0 aromatic heterocycles. The van der Waals surface area contributed by atoms with Crippen LogP contribution in [-0.2, 0) is 4.79 Å². The summed E-state index contributed by atoms with van der Waals surface area (Å²) in [5, 5.41) is 0. The highest BCUT2D eigenvalue weighted by molar-refractivity contribution is 5.93. The van der Waals surface area contributed by atoms with Gasteiger partial charge in [0.2, 0.25) is 0 Å². The van der Waals surface area contributed by atoms with Crippen molar-refractivity contribution in [2.45, 2.75) is 13.0 Å². The maximum atomic E-state index is 10.8. The minimum absolute atomic E-state index is 0.0394. The summed E-state index contributed by atoms with van der Waals surface area (Å²) in [4.78, 5) is 12.6. The first-order valence-electron chi connectivity index (χ1n) is 2.92. The molecule has 0 amide bonds. The number of carbonyl (C=O) groups is 1. The van der Waals surface area contributed by atoms with Crippen LogP contribution in [0.2, 0.25) is 0 Å². The summed E-state index contributed by atoms with van der Waals surface area (Å²) >= 11 is 0. The predicted molar refractivity (Wildman–Crippen MR) is 38.4 cm³/mol. The highest BCUT2D eigenvalue weighted by atomic mass is 16.1. The lowest BCUT2D eigenvalue weighted by atomic mass is 10.2. The van der Waals surface area contributed by atoms with Gasteiger partial charge >= 0.3 is 0 Å². The monoisotopic (exact) mass is 127 g/mol. The predicted octanol–water partition coefficient (Wildman–Crippen LogP) is 0.692. The molecule has 0 rings (SSSR count). The normalized spacial score (nSPS) is 13.3. The van der Waals surface area contributed by atoms with Gasteiger partial charge in [0.1, 0.15) is 0 Å². The lowest BCUT2D eigenvalue weighted by Gasteiger charge is -2.15. The molecule has 0 radical (unpaired) electrons. The van der Waals surface area contributed by atoms with E-state index in [0.717, 1.165) is 0 Å². The van der Waals surface area contributed by atoms with Crippen molar-refractivity contribution < 1.29 is 4.79 Å². The smallest absolute Gasteiger partial charge is 0.171 e. The van der Waals surface area contributed by atoms with Crippen LogP contribution in [0.25, 0.3) is 0 Å². The Balaban J connectivity index is 3.87. The second-order valence-corrected chi connectivity index (χ2v) is 2.25. The van der Waals surface area contributed by atoms with Gasteiger partial charge < -0.3 is 0 Å². The summed E-state index contributed by atoms with van der Waals surface area (Å²) in [5.41, 5.74) is 0. The van der Waals surface area contributed by atoms with Gasteiger partial charge in [-0.2, -0.15) is 0 Å². The van der Waals surface area contributed by atoms with Gasteiger partial charge in [-0.15, -0.1) is 0 Å². The van der Waals surface area contributed by atoms with Gasteiger partial charge in [-0.3, -0.25) is 9.69 Å². The SMILES string of the molecule is C=CC(=O)C(C)N(C)C. The van der Waals surface area contributed by atoms with Gasteiger partial charge in [-0.1, -0.05) is 6.58 Å². The Hall–Kier alpha value is -0.630. The van der Waals surface area contributed by atoms with Crippen molar-refractivity contribution in [1.82, 2.24) is 4.90 Å². The zero-order valence-electron chi connectivity index (χ0n) is 6.22. The van der Waals surface area contributed by atoms with Crippen LogP contribution < -0.4 is 0 Å². The second kappa shape index (κ2) is 3.41. The number of hydrogen-bond acceptors (Lipinski definition) is 2. The summed E-state index contributed by atoms with van der Waals surface area (Å²) in [6, 6.07) is -0.0394. The standard InChI is InChI=1S/C7H13NO/c1-5-7(9)6(2)8(3)4/h5-6H,1H2,2-4H3. The minimum Gasteiger partial charge on any atom is -0.300 e. The molecule has 2 nitrogen and oxygen atoms in total. The van der Waals surface area contributed by atoms with Gasteiger partial charge in [0, 0.05) is 0 Å². The van der Waals surface area contributed by atoms with E-state index in [9.17, 15) is 4.79 Å². The van der Waals surface area contributed by atoms with E-state index < -0.39 is 0 Å². The lowest BCUT2D eigenvalue weighted by Crippen LogP contribution is -2.31. The van der Waals surface area contributed by atoms with Gasteiger partial charge in [-0.25, -0.2) is 0 Å². The fourth-order valence-electron chi connectivity index (χ4n) is 0.425. The van der Waals surface area contributed by atoms with Crippen molar-refractivity contribution in [3.63, 3.8) is 0 Å². The summed E-state index contributed by atoms with van der Waals surface area (Å²) < 4.78 is 0. The van der Waals surface area contributed by atoms with Crippen molar-refractivity contribution in [1.29, 1.82) is 0 Å². The fourth-order valence-corrected chi connectivity index (χ4v) is 0.425. The Morgan fingerprint density at radius 2 is 2.11 bits per heavy atom. The van der Waals surface area contributed by atoms with Crippen molar-refractivity contribution >= 4 is 5.78 Å². The average molecular weight is 127 g/mol. The zero-order valence-corrected chi connectivity index (χ0v) is 6.22. The number of likely N-dealkylation sites (N-methyl/N-ethyl adjacent to an activating group) is 1. The molecule has 0 aromatic carbocycles. The lowest BCUT2D eigenvalue weighted by molar-refractivity contribution is -0.118. The van der Waals surface area contributed by atoms with Crippen LogP contribution in [0.1, 0.15) is 6.92 Å². The Labute approximate surface area is 56.2 Å². The van der Waals surface area contributed by atoms with Crippen LogP contribution in [0.5, 0.6) is 0 Å². The Morgan fingerprint density at radius 1 is 1.67 bits per heavy atom. The highest BCUT2D eigenvalue weighted by Gasteiger charge is 2.09. The molecule has 0 N–H and O–H groups in total. The molecule has 0 bridgehead atoms. The van der Waals surface area contributed by atoms with Crippen LogP contribution in [0.4, 0.5) is 0 Å². The van der Waals surface area contributed by atoms with Gasteiger partial charge in [0.05, 0.1) is 6.04 Å². The van der Waals surface area contributed by atoms with Crippen LogP contribution in [0.3, 0.4) is 0 Å². The summed E-state index contributed by atoms with van der Waals surface area (Å²) in [7, 11) is 3.73. The van der Waals surface area contributed by atoms with E-state index in [2.05, 4.69) is 6.58 Å². The van der Waals surface area contributed by atoms with E-state index >= 15 is 0 Å². The number of nitrogens with zero attached hydrogens (tertiary/aromatic N) is 1. The van der Waals surface area contributed by atoms with Crippen molar-refractivity contribution in [2.24, 2.45) is 0 Å². The quantitative estimate of drug-likeness (QED) is 0.520. The molecule has 0 fully saturated rings. The number of ketones is 1. The zero-order chi connectivity index (χ0) is 7.44. The molecular weight excluding hydrogens is 114 g/mol. The first kappa shape index (κ1) is 8.37. The molecule has 1 unspecified atom stereocenters. The molecule has 0 aliphatic rings. The molecular formula is C7H13NO. The highest BCUT2D eigenvalue weighted by Crippen LogP contribution is 1.92. The molecule has 52 valence electrons. The third kappa shape index (κ3) is 2.42. The number of rotatable bonds is 3.